The van der Waals surface area contributed by atoms with E-state index >= 15 is 0 Å². The van der Waals surface area contributed by atoms with E-state index in [0.29, 0.717) is 0 Å². The molecule has 0 saturated carbocycles. The van der Waals surface area contributed by atoms with Crippen LogP contribution in [0.3, 0.4) is 0 Å². The minimum atomic E-state index is -0.768. The van der Waals surface area contributed by atoms with Crippen molar-refractivity contribution in [2.24, 2.45) is 0 Å². The Bertz CT molecular complexity index is 404. The lowest BCUT2D eigenvalue weighted by molar-refractivity contribution is -0.138. The van der Waals surface area contributed by atoms with Crippen LogP contribution in [0.5, 0.6) is 5.75 Å². The molecule has 0 heterocycles. The second-order valence-electron chi connectivity index (χ2n) is 4.91. The average molecular weight is 265 g/mol. The highest BCUT2D eigenvalue weighted by Crippen LogP contribution is 2.14. The maximum atomic E-state index is 10.8. The van der Waals surface area contributed by atoms with E-state index in [1.807, 2.05) is 36.9 Å². The van der Waals surface area contributed by atoms with Gasteiger partial charge in [0, 0.05) is 6.04 Å². The fourth-order valence-corrected chi connectivity index (χ4v) is 2.01. The van der Waals surface area contributed by atoms with E-state index in [0.717, 1.165) is 25.1 Å². The zero-order chi connectivity index (χ0) is 14.3. The van der Waals surface area contributed by atoms with E-state index in [1.54, 1.807) is 7.11 Å². The van der Waals surface area contributed by atoms with Crippen molar-refractivity contribution in [3.8, 4) is 5.75 Å². The average Bonchev–Trinajstić information content (AvgIpc) is 2.37. The Kier molecular flexibility index (Phi) is 6.36. The predicted molar refractivity (Wildman–Crippen MR) is 75.7 cm³/mol. The molecule has 0 fully saturated rings. The van der Waals surface area contributed by atoms with Gasteiger partial charge in [0.05, 0.1) is 13.7 Å². The minimum absolute atomic E-state index is 0.107. The first-order valence-electron chi connectivity index (χ1n) is 6.61. The lowest BCUT2D eigenvalue weighted by Gasteiger charge is -2.24. The van der Waals surface area contributed by atoms with Crippen molar-refractivity contribution in [3.05, 3.63) is 29.8 Å². The number of benzene rings is 1. The Hall–Kier alpha value is -1.55. The van der Waals surface area contributed by atoms with Gasteiger partial charge in [-0.15, -0.1) is 0 Å². The summed E-state index contributed by atoms with van der Waals surface area (Å²) in [6.45, 7) is 4.94. The van der Waals surface area contributed by atoms with E-state index in [1.165, 1.54) is 5.56 Å². The molecule has 0 aliphatic carbocycles. The summed E-state index contributed by atoms with van der Waals surface area (Å²) in [6, 6.07) is 8.25. The van der Waals surface area contributed by atoms with Crippen LogP contribution in [0.4, 0.5) is 0 Å². The van der Waals surface area contributed by atoms with Crippen molar-refractivity contribution in [1.29, 1.82) is 0 Å². The lowest BCUT2D eigenvalue weighted by Crippen LogP contribution is -2.36. The molecule has 4 nitrogen and oxygen atoms in total. The number of carboxylic acids is 1. The normalized spacial score (nSPS) is 11.0. The van der Waals surface area contributed by atoms with Crippen molar-refractivity contribution < 1.29 is 14.6 Å². The van der Waals surface area contributed by atoms with E-state index < -0.39 is 5.97 Å². The first kappa shape index (κ1) is 15.5. The fourth-order valence-electron chi connectivity index (χ4n) is 2.01. The fraction of sp³-hybridized carbons (Fsp3) is 0.533. The maximum Gasteiger partial charge on any atom is 0.317 e. The number of nitrogens with zero attached hydrogens (tertiary/aromatic N) is 1. The molecule has 1 aromatic carbocycles. The van der Waals surface area contributed by atoms with Crippen LogP contribution in [-0.2, 0) is 11.2 Å². The van der Waals surface area contributed by atoms with Crippen molar-refractivity contribution >= 4 is 5.97 Å². The largest absolute Gasteiger partial charge is 0.497 e. The van der Waals surface area contributed by atoms with Crippen molar-refractivity contribution in [1.82, 2.24) is 4.90 Å². The SMILES string of the molecule is COc1cccc(CCCN(CC(=O)O)C(C)C)c1. The second kappa shape index (κ2) is 7.79. The summed E-state index contributed by atoms with van der Waals surface area (Å²) >= 11 is 0. The Morgan fingerprint density at radius 1 is 1.42 bits per heavy atom. The summed E-state index contributed by atoms with van der Waals surface area (Å²) < 4.78 is 5.18. The van der Waals surface area contributed by atoms with Gasteiger partial charge in [0.15, 0.2) is 0 Å². The van der Waals surface area contributed by atoms with Gasteiger partial charge in [-0.25, -0.2) is 0 Å². The molecule has 0 spiro atoms. The molecule has 0 atom stereocenters. The lowest BCUT2D eigenvalue weighted by atomic mass is 10.1. The van der Waals surface area contributed by atoms with E-state index in [9.17, 15) is 4.79 Å². The first-order valence-corrected chi connectivity index (χ1v) is 6.61. The van der Waals surface area contributed by atoms with Gasteiger partial charge < -0.3 is 9.84 Å². The standard InChI is InChI=1S/C15H23NO3/c1-12(2)16(11-15(17)18)9-5-7-13-6-4-8-14(10-13)19-3/h4,6,8,10,12H,5,7,9,11H2,1-3H3,(H,17,18). The smallest absolute Gasteiger partial charge is 0.317 e. The Morgan fingerprint density at radius 3 is 2.74 bits per heavy atom. The van der Waals surface area contributed by atoms with E-state index in [-0.39, 0.29) is 12.6 Å². The van der Waals surface area contributed by atoms with Gasteiger partial charge in [-0.1, -0.05) is 12.1 Å². The summed E-state index contributed by atoms with van der Waals surface area (Å²) in [5, 5.41) is 8.86. The molecule has 19 heavy (non-hydrogen) atoms. The number of hydrogen-bond donors (Lipinski definition) is 1. The van der Waals surface area contributed by atoms with E-state index in [2.05, 4.69) is 6.07 Å². The monoisotopic (exact) mass is 265 g/mol. The number of carbonyl (C=O) groups is 1. The topological polar surface area (TPSA) is 49.8 Å². The van der Waals surface area contributed by atoms with Crippen LogP contribution in [0.15, 0.2) is 24.3 Å². The molecular formula is C15H23NO3. The molecule has 0 amide bonds. The quantitative estimate of drug-likeness (QED) is 0.784. The first-order chi connectivity index (χ1) is 9.02. The van der Waals surface area contributed by atoms with Crippen LogP contribution in [0.2, 0.25) is 0 Å². The highest BCUT2D eigenvalue weighted by molar-refractivity contribution is 5.69. The van der Waals surface area contributed by atoms with Crippen LogP contribution in [-0.4, -0.2) is 42.2 Å². The third-order valence-corrected chi connectivity index (χ3v) is 3.11. The number of aryl methyl sites for hydroxylation is 1. The van der Waals surface area contributed by atoms with Crippen LogP contribution < -0.4 is 4.74 Å². The van der Waals surface area contributed by atoms with Crippen LogP contribution in [0.1, 0.15) is 25.8 Å². The van der Waals surface area contributed by atoms with Gasteiger partial charge in [0.25, 0.3) is 0 Å². The molecule has 0 unspecified atom stereocenters. The molecular weight excluding hydrogens is 242 g/mol. The molecule has 0 radical (unpaired) electrons. The number of ether oxygens (including phenoxy) is 1. The Balaban J connectivity index is 2.44. The van der Waals surface area contributed by atoms with E-state index in [4.69, 9.17) is 9.84 Å². The summed E-state index contributed by atoms with van der Waals surface area (Å²) in [5.41, 5.74) is 1.22. The van der Waals surface area contributed by atoms with Crippen molar-refractivity contribution in [2.45, 2.75) is 32.7 Å². The summed E-state index contributed by atoms with van der Waals surface area (Å²) in [7, 11) is 1.66. The number of methoxy groups -OCH3 is 1. The number of carboxylic acid groups (broad SMARTS) is 1. The van der Waals surface area contributed by atoms with Crippen LogP contribution in [0, 0.1) is 0 Å². The molecule has 106 valence electrons. The molecule has 0 saturated heterocycles. The molecule has 0 bridgehead atoms. The van der Waals surface area contributed by atoms with Gasteiger partial charge in [0.2, 0.25) is 0 Å². The minimum Gasteiger partial charge on any atom is -0.497 e. The zero-order valence-corrected chi connectivity index (χ0v) is 11.9. The van der Waals surface area contributed by atoms with Gasteiger partial charge in [-0.2, -0.15) is 0 Å². The molecule has 1 aromatic rings. The third kappa shape index (κ3) is 5.75. The van der Waals surface area contributed by atoms with Crippen LogP contribution in [0.25, 0.3) is 0 Å². The van der Waals surface area contributed by atoms with Gasteiger partial charge in [-0.05, 0) is 50.9 Å². The predicted octanol–water partition coefficient (Wildman–Crippen LogP) is 2.42. The molecule has 4 heteroatoms. The molecule has 0 aliphatic heterocycles. The summed E-state index contributed by atoms with van der Waals surface area (Å²) in [4.78, 5) is 12.7. The number of rotatable bonds is 8. The Morgan fingerprint density at radius 2 is 2.16 bits per heavy atom. The van der Waals surface area contributed by atoms with Gasteiger partial charge in [-0.3, -0.25) is 9.69 Å². The van der Waals surface area contributed by atoms with Gasteiger partial charge in [0.1, 0.15) is 5.75 Å². The maximum absolute atomic E-state index is 10.8. The summed E-state index contributed by atoms with van der Waals surface area (Å²) in [5.74, 6) is 0.0961. The summed E-state index contributed by atoms with van der Waals surface area (Å²) in [6.07, 6.45) is 1.87. The Labute approximate surface area is 115 Å². The van der Waals surface area contributed by atoms with Crippen molar-refractivity contribution in [3.63, 3.8) is 0 Å². The molecule has 0 aliphatic rings. The number of aliphatic carboxylic acids is 1. The third-order valence-electron chi connectivity index (χ3n) is 3.11. The van der Waals surface area contributed by atoms with Crippen LogP contribution >= 0.6 is 0 Å². The molecule has 1 rings (SSSR count). The molecule has 0 aromatic heterocycles. The molecule has 1 N–H and O–H groups in total. The highest BCUT2D eigenvalue weighted by Gasteiger charge is 2.12. The number of hydrogen-bond acceptors (Lipinski definition) is 3. The zero-order valence-electron chi connectivity index (χ0n) is 11.9. The highest BCUT2D eigenvalue weighted by atomic mass is 16.5. The van der Waals surface area contributed by atoms with Gasteiger partial charge >= 0.3 is 5.97 Å². The second-order valence-corrected chi connectivity index (χ2v) is 4.91. The van der Waals surface area contributed by atoms with Crippen molar-refractivity contribution in [2.75, 3.05) is 20.2 Å².